The van der Waals surface area contributed by atoms with Gasteiger partial charge in [0.1, 0.15) is 5.78 Å². The zero-order chi connectivity index (χ0) is 24.4. The standard InChI is InChI=1S/C29H48O4/c1-16(30)26(4)11-8-17-23(26)19(32)15-29(7)24(17)18(31)14-21-27(5)12-10-22(33)25(2,3)20(27)9-13-28(21,29)6/h17-24,31-33H,8-15H2,1-7H3/t17-,18+,19-,20-,21+,22-,23-,24-,26-,27-,28+,29+/m0/s1. The number of carbonyl (C=O) groups is 1. The number of hydrogen-bond donors (Lipinski definition) is 3. The smallest absolute Gasteiger partial charge is 0.136 e. The molecule has 33 heavy (non-hydrogen) atoms. The molecule has 0 saturated heterocycles. The summed E-state index contributed by atoms with van der Waals surface area (Å²) in [4.78, 5) is 12.7. The van der Waals surface area contributed by atoms with Gasteiger partial charge in [0.15, 0.2) is 0 Å². The molecule has 4 heteroatoms. The summed E-state index contributed by atoms with van der Waals surface area (Å²) >= 11 is 0. The lowest BCUT2D eigenvalue weighted by Crippen LogP contribution is -2.70. The average molecular weight is 461 g/mol. The zero-order valence-electron chi connectivity index (χ0n) is 22.0. The van der Waals surface area contributed by atoms with Crippen LogP contribution < -0.4 is 0 Å². The fourth-order valence-corrected chi connectivity index (χ4v) is 11.4. The quantitative estimate of drug-likeness (QED) is 0.516. The Morgan fingerprint density at radius 1 is 0.758 bits per heavy atom. The molecule has 0 aromatic heterocycles. The highest BCUT2D eigenvalue weighted by Gasteiger charge is 2.72. The highest BCUT2D eigenvalue weighted by molar-refractivity contribution is 5.82. The van der Waals surface area contributed by atoms with Crippen LogP contribution in [0, 0.1) is 56.7 Å². The molecule has 5 aliphatic carbocycles. The largest absolute Gasteiger partial charge is 0.393 e. The van der Waals surface area contributed by atoms with Gasteiger partial charge in [-0.05, 0) is 104 Å². The van der Waals surface area contributed by atoms with E-state index in [1.54, 1.807) is 6.92 Å². The maximum absolute atomic E-state index is 12.7. The molecule has 0 bridgehead atoms. The Hall–Kier alpha value is -0.450. The van der Waals surface area contributed by atoms with Crippen LogP contribution in [0.25, 0.3) is 0 Å². The topological polar surface area (TPSA) is 77.8 Å². The van der Waals surface area contributed by atoms with Gasteiger partial charge in [-0.3, -0.25) is 4.79 Å². The molecule has 0 amide bonds. The summed E-state index contributed by atoms with van der Waals surface area (Å²) in [5.74, 6) is 1.37. The second-order valence-corrected chi connectivity index (χ2v) is 14.7. The van der Waals surface area contributed by atoms with E-state index in [4.69, 9.17) is 0 Å². The summed E-state index contributed by atoms with van der Waals surface area (Å²) in [7, 11) is 0. The number of rotatable bonds is 1. The van der Waals surface area contributed by atoms with Crippen molar-refractivity contribution in [2.75, 3.05) is 0 Å². The number of aliphatic hydroxyl groups is 3. The lowest BCUT2D eigenvalue weighted by atomic mass is 9.32. The summed E-state index contributed by atoms with van der Waals surface area (Å²) in [6.45, 7) is 15.6. The number of aliphatic hydroxyl groups excluding tert-OH is 3. The van der Waals surface area contributed by atoms with Gasteiger partial charge in [-0.1, -0.05) is 41.5 Å². The molecule has 0 aliphatic heterocycles. The maximum Gasteiger partial charge on any atom is 0.136 e. The van der Waals surface area contributed by atoms with Crippen molar-refractivity contribution < 1.29 is 20.1 Å². The van der Waals surface area contributed by atoms with Crippen molar-refractivity contribution in [2.24, 2.45) is 56.7 Å². The Bertz CT molecular complexity index is 837. The summed E-state index contributed by atoms with van der Waals surface area (Å²) in [5.41, 5.74) is -0.580. The molecule has 12 atom stereocenters. The SMILES string of the molecule is CC(=O)[C@]1(C)CC[C@H]2[C@H]1[C@@H](O)C[C@]1(C)[C@@H]2[C@H](O)C[C@@H]2[C@@]3(C)CC[C@H](O)C(C)(C)[C@@H]3CC[C@]21C. The first-order valence-electron chi connectivity index (χ1n) is 13.7. The van der Waals surface area contributed by atoms with Crippen molar-refractivity contribution in [1.82, 2.24) is 0 Å². The first kappa shape index (κ1) is 24.3. The lowest BCUT2D eigenvalue weighted by molar-refractivity contribution is -0.275. The van der Waals surface area contributed by atoms with E-state index in [0.717, 1.165) is 44.9 Å². The van der Waals surface area contributed by atoms with Crippen LogP contribution in [0.4, 0.5) is 0 Å². The predicted octanol–water partition coefficient (Wildman–Crippen LogP) is 4.98. The van der Waals surface area contributed by atoms with Crippen molar-refractivity contribution in [2.45, 2.75) is 118 Å². The highest BCUT2D eigenvalue weighted by atomic mass is 16.3. The van der Waals surface area contributed by atoms with Crippen LogP contribution in [0.1, 0.15) is 99.8 Å². The van der Waals surface area contributed by atoms with Gasteiger partial charge in [0.2, 0.25) is 0 Å². The van der Waals surface area contributed by atoms with E-state index in [9.17, 15) is 20.1 Å². The fourth-order valence-electron chi connectivity index (χ4n) is 11.4. The Morgan fingerprint density at radius 2 is 1.42 bits per heavy atom. The van der Waals surface area contributed by atoms with Crippen LogP contribution >= 0.6 is 0 Å². The van der Waals surface area contributed by atoms with Crippen LogP contribution in [-0.4, -0.2) is 39.4 Å². The van der Waals surface area contributed by atoms with Crippen molar-refractivity contribution in [3.05, 3.63) is 0 Å². The molecule has 5 saturated carbocycles. The third-order valence-corrected chi connectivity index (χ3v) is 13.5. The third-order valence-electron chi connectivity index (χ3n) is 13.5. The van der Waals surface area contributed by atoms with Gasteiger partial charge >= 0.3 is 0 Å². The fraction of sp³-hybridized carbons (Fsp3) is 0.966. The van der Waals surface area contributed by atoms with Crippen molar-refractivity contribution in [3.63, 3.8) is 0 Å². The van der Waals surface area contributed by atoms with Crippen molar-refractivity contribution in [3.8, 4) is 0 Å². The number of fused-ring (bicyclic) bond motifs is 7. The monoisotopic (exact) mass is 460 g/mol. The molecule has 5 rings (SSSR count). The first-order chi connectivity index (χ1) is 15.1. The van der Waals surface area contributed by atoms with Gasteiger partial charge in [0, 0.05) is 11.3 Å². The van der Waals surface area contributed by atoms with Crippen LogP contribution in [0.3, 0.4) is 0 Å². The molecule has 0 aromatic carbocycles. The van der Waals surface area contributed by atoms with E-state index >= 15 is 0 Å². The summed E-state index contributed by atoms with van der Waals surface area (Å²) in [6, 6.07) is 0. The molecular weight excluding hydrogens is 412 g/mol. The van der Waals surface area contributed by atoms with Crippen molar-refractivity contribution in [1.29, 1.82) is 0 Å². The second-order valence-electron chi connectivity index (χ2n) is 14.7. The summed E-state index contributed by atoms with van der Waals surface area (Å²) in [6.07, 6.45) is 6.25. The molecule has 0 aromatic rings. The first-order valence-corrected chi connectivity index (χ1v) is 13.7. The maximum atomic E-state index is 12.7. The van der Waals surface area contributed by atoms with Gasteiger partial charge < -0.3 is 15.3 Å². The number of hydrogen-bond acceptors (Lipinski definition) is 4. The van der Waals surface area contributed by atoms with Crippen LogP contribution in [0.5, 0.6) is 0 Å². The van der Waals surface area contributed by atoms with E-state index in [1.807, 2.05) is 0 Å². The zero-order valence-corrected chi connectivity index (χ0v) is 22.0. The third kappa shape index (κ3) is 2.78. The second kappa shape index (κ2) is 7.07. The molecule has 0 unspecified atom stereocenters. The molecule has 0 spiro atoms. The molecule has 4 nitrogen and oxygen atoms in total. The van der Waals surface area contributed by atoms with Gasteiger partial charge in [-0.2, -0.15) is 0 Å². The minimum Gasteiger partial charge on any atom is -0.393 e. The van der Waals surface area contributed by atoms with Gasteiger partial charge in [-0.15, -0.1) is 0 Å². The Balaban J connectivity index is 1.57. The van der Waals surface area contributed by atoms with E-state index < -0.39 is 11.5 Å². The van der Waals surface area contributed by atoms with Gasteiger partial charge in [0.25, 0.3) is 0 Å². The summed E-state index contributed by atoms with van der Waals surface area (Å²) < 4.78 is 0. The van der Waals surface area contributed by atoms with Gasteiger partial charge in [-0.25, -0.2) is 0 Å². The van der Waals surface area contributed by atoms with Gasteiger partial charge in [0.05, 0.1) is 18.3 Å². The van der Waals surface area contributed by atoms with E-state index in [2.05, 4.69) is 41.5 Å². The minimum absolute atomic E-state index is 0.0291. The van der Waals surface area contributed by atoms with Crippen molar-refractivity contribution >= 4 is 5.78 Å². The molecule has 5 aliphatic rings. The molecular formula is C29H48O4. The van der Waals surface area contributed by atoms with E-state index in [0.29, 0.717) is 18.3 Å². The molecule has 0 heterocycles. The molecule has 3 N–H and O–H groups in total. The molecule has 5 fully saturated rings. The summed E-state index contributed by atoms with van der Waals surface area (Å²) in [5, 5.41) is 34.3. The lowest BCUT2D eigenvalue weighted by Gasteiger charge is -2.73. The van der Waals surface area contributed by atoms with Crippen LogP contribution in [-0.2, 0) is 4.79 Å². The molecule has 0 radical (unpaired) electrons. The highest BCUT2D eigenvalue weighted by Crippen LogP contribution is 2.76. The van der Waals surface area contributed by atoms with E-state index in [1.165, 1.54) is 0 Å². The van der Waals surface area contributed by atoms with Crippen LogP contribution in [0.15, 0.2) is 0 Å². The average Bonchev–Trinajstić information content (AvgIpc) is 3.06. The Kier molecular flexibility index (Phi) is 5.19. The number of carbonyl (C=O) groups excluding carboxylic acids is 1. The number of Topliss-reactive ketones (excluding diaryl/α,β-unsaturated/α-hetero) is 1. The normalized spacial score (nSPS) is 59.7. The Labute approximate surface area is 200 Å². The predicted molar refractivity (Wildman–Crippen MR) is 129 cm³/mol. The Morgan fingerprint density at radius 3 is 2.06 bits per heavy atom. The number of ketones is 1. The molecule has 188 valence electrons. The minimum atomic E-state index is -0.481. The van der Waals surface area contributed by atoms with E-state index in [-0.39, 0.29) is 57.4 Å². The van der Waals surface area contributed by atoms with Crippen LogP contribution in [0.2, 0.25) is 0 Å².